The highest BCUT2D eigenvalue weighted by Crippen LogP contribution is 2.23. The minimum atomic E-state index is -0.951. The van der Waals surface area contributed by atoms with Gasteiger partial charge >= 0.3 is 0 Å². The molecular weight excluding hydrogens is 324 g/mol. The van der Waals surface area contributed by atoms with Crippen LogP contribution in [-0.2, 0) is 14.3 Å². The fraction of sp³-hybridized carbons (Fsp3) is 0.947. The number of hydrogen-bond acceptors (Lipinski definition) is 6. The molecule has 0 aromatic heterocycles. The maximum absolute atomic E-state index is 10.3. The maximum Gasteiger partial charge on any atom is 0.184 e. The number of carbonyl (C=O) groups is 1. The van der Waals surface area contributed by atoms with Crippen LogP contribution in [0.15, 0.2) is 0 Å². The third-order valence-electron chi connectivity index (χ3n) is 4.80. The first-order valence-electron chi connectivity index (χ1n) is 9.77. The molecule has 1 heterocycles. The van der Waals surface area contributed by atoms with Crippen molar-refractivity contribution in [1.82, 2.24) is 0 Å². The van der Waals surface area contributed by atoms with Gasteiger partial charge in [-0.2, -0.15) is 0 Å². The molecule has 0 saturated carbocycles. The van der Waals surface area contributed by atoms with Gasteiger partial charge in [-0.1, -0.05) is 44.9 Å². The molecule has 1 rings (SSSR count). The number of carbonyl (C=O) groups excluding carboxylic acids is 1. The molecule has 0 bridgehead atoms. The van der Waals surface area contributed by atoms with Gasteiger partial charge in [0, 0.05) is 12.4 Å². The third kappa shape index (κ3) is 10.1. The van der Waals surface area contributed by atoms with Crippen molar-refractivity contribution in [2.75, 3.05) is 0 Å². The van der Waals surface area contributed by atoms with Crippen molar-refractivity contribution in [2.24, 2.45) is 0 Å². The zero-order chi connectivity index (χ0) is 18.7. The number of aliphatic carboxylic acids is 1. The number of carboxylic acids is 1. The third-order valence-corrected chi connectivity index (χ3v) is 4.80. The van der Waals surface area contributed by atoms with Crippen molar-refractivity contribution in [3.63, 3.8) is 0 Å². The minimum Gasteiger partial charge on any atom is -0.550 e. The second-order valence-corrected chi connectivity index (χ2v) is 7.27. The van der Waals surface area contributed by atoms with Crippen LogP contribution in [0.1, 0.15) is 84.5 Å². The molecule has 1 saturated heterocycles. The molecule has 5 atom stereocenters. The maximum atomic E-state index is 10.3. The van der Waals surface area contributed by atoms with Crippen LogP contribution in [-0.4, -0.2) is 46.9 Å². The van der Waals surface area contributed by atoms with E-state index in [1.165, 1.54) is 12.8 Å². The molecule has 0 aromatic carbocycles. The Balaban J connectivity index is 1.96. The predicted molar refractivity (Wildman–Crippen MR) is 92.7 cm³/mol. The smallest absolute Gasteiger partial charge is 0.184 e. The molecule has 6 nitrogen and oxygen atoms in total. The Morgan fingerprint density at radius 2 is 1.64 bits per heavy atom. The summed E-state index contributed by atoms with van der Waals surface area (Å²) in [6.07, 6.45) is 7.57. The van der Waals surface area contributed by atoms with Gasteiger partial charge in [-0.15, -0.1) is 0 Å². The second-order valence-electron chi connectivity index (χ2n) is 7.27. The van der Waals surface area contributed by atoms with Crippen LogP contribution in [0.3, 0.4) is 0 Å². The summed E-state index contributed by atoms with van der Waals surface area (Å²) >= 11 is 0. The van der Waals surface area contributed by atoms with Crippen molar-refractivity contribution in [3.8, 4) is 0 Å². The number of rotatable bonds is 13. The summed E-state index contributed by atoms with van der Waals surface area (Å²) in [6, 6.07) is 0. The molecule has 0 radical (unpaired) electrons. The van der Waals surface area contributed by atoms with Crippen molar-refractivity contribution in [3.05, 3.63) is 0 Å². The topological polar surface area (TPSA) is 99.1 Å². The van der Waals surface area contributed by atoms with E-state index in [0.29, 0.717) is 6.42 Å². The number of carboxylic acid groups (broad SMARTS) is 1. The minimum absolute atomic E-state index is 0.0201. The van der Waals surface area contributed by atoms with E-state index in [4.69, 9.17) is 9.47 Å². The van der Waals surface area contributed by atoms with Gasteiger partial charge in [0.1, 0.15) is 6.10 Å². The van der Waals surface area contributed by atoms with Gasteiger partial charge in [0.25, 0.3) is 0 Å². The van der Waals surface area contributed by atoms with E-state index in [0.717, 1.165) is 44.9 Å². The SMILES string of the molecule is C[C@H](CCCCCCCCCCC(=O)[O-])O[C@@H]1O[C@@H](C)[C@H](O)C[C@H]1O. The summed E-state index contributed by atoms with van der Waals surface area (Å²) in [4.78, 5) is 10.3. The molecule has 6 heteroatoms. The molecule has 0 unspecified atom stereocenters. The van der Waals surface area contributed by atoms with Crippen LogP contribution >= 0.6 is 0 Å². The van der Waals surface area contributed by atoms with Gasteiger partial charge in [0.05, 0.1) is 18.3 Å². The number of aliphatic hydroxyl groups is 2. The highest BCUT2D eigenvalue weighted by atomic mass is 16.7. The number of aliphatic hydroxyl groups excluding tert-OH is 2. The Morgan fingerprint density at radius 3 is 2.24 bits per heavy atom. The quantitative estimate of drug-likeness (QED) is 0.487. The van der Waals surface area contributed by atoms with Crippen LogP contribution in [0, 0.1) is 0 Å². The first kappa shape index (κ1) is 22.4. The fourth-order valence-electron chi connectivity index (χ4n) is 3.12. The molecular formula is C19H35O6-. The molecule has 0 aromatic rings. The van der Waals surface area contributed by atoms with Crippen molar-refractivity contribution >= 4 is 5.97 Å². The summed E-state index contributed by atoms with van der Waals surface area (Å²) in [7, 11) is 0. The number of ether oxygens (including phenoxy) is 2. The molecule has 0 spiro atoms. The average molecular weight is 359 g/mol. The van der Waals surface area contributed by atoms with E-state index in [1.807, 2.05) is 6.92 Å². The lowest BCUT2D eigenvalue weighted by Gasteiger charge is -2.36. The van der Waals surface area contributed by atoms with Gasteiger partial charge in [-0.05, 0) is 33.1 Å². The molecule has 148 valence electrons. The van der Waals surface area contributed by atoms with Crippen LogP contribution in [0.25, 0.3) is 0 Å². The molecule has 2 N–H and O–H groups in total. The molecule has 0 aliphatic carbocycles. The standard InChI is InChI=1S/C19H36O6/c1-14(24-19-17(21)13-16(20)15(2)25-19)11-9-7-5-3-4-6-8-10-12-18(22)23/h14-17,19-21H,3-13H2,1-2H3,(H,22,23)/p-1/t14-,15+,16-,17-,19-/m1/s1. The molecule has 1 aliphatic heterocycles. The molecule has 25 heavy (non-hydrogen) atoms. The van der Waals surface area contributed by atoms with Gasteiger partial charge in [-0.3, -0.25) is 0 Å². The van der Waals surface area contributed by atoms with E-state index >= 15 is 0 Å². The summed E-state index contributed by atoms with van der Waals surface area (Å²) in [6.45, 7) is 3.78. The van der Waals surface area contributed by atoms with Crippen LogP contribution in [0.5, 0.6) is 0 Å². The van der Waals surface area contributed by atoms with Gasteiger partial charge in [-0.25, -0.2) is 0 Å². The zero-order valence-electron chi connectivity index (χ0n) is 15.7. The monoisotopic (exact) mass is 359 g/mol. The van der Waals surface area contributed by atoms with Crippen LogP contribution in [0.2, 0.25) is 0 Å². The molecule has 1 aliphatic rings. The van der Waals surface area contributed by atoms with E-state index in [-0.39, 0.29) is 18.6 Å². The van der Waals surface area contributed by atoms with Crippen molar-refractivity contribution in [2.45, 2.75) is 115 Å². The summed E-state index contributed by atoms with van der Waals surface area (Å²) < 4.78 is 11.3. The Kier molecular flexibility index (Phi) is 11.3. The molecule has 0 amide bonds. The second kappa shape index (κ2) is 12.6. The van der Waals surface area contributed by atoms with E-state index < -0.39 is 24.5 Å². The lowest BCUT2D eigenvalue weighted by atomic mass is 10.0. The number of hydrogen-bond donors (Lipinski definition) is 2. The fourth-order valence-corrected chi connectivity index (χ4v) is 3.12. The van der Waals surface area contributed by atoms with Gasteiger partial charge in [0.15, 0.2) is 6.29 Å². The Bertz CT molecular complexity index is 362. The summed E-state index contributed by atoms with van der Waals surface area (Å²) in [5.41, 5.74) is 0. The van der Waals surface area contributed by atoms with Crippen molar-refractivity contribution in [1.29, 1.82) is 0 Å². The summed E-state index contributed by atoms with van der Waals surface area (Å²) in [5, 5.41) is 29.8. The zero-order valence-corrected chi connectivity index (χ0v) is 15.7. The van der Waals surface area contributed by atoms with Crippen molar-refractivity contribution < 1.29 is 29.6 Å². The Morgan fingerprint density at radius 1 is 1.08 bits per heavy atom. The lowest BCUT2D eigenvalue weighted by molar-refractivity contribution is -0.305. The van der Waals surface area contributed by atoms with Gasteiger partial charge in [0.2, 0.25) is 0 Å². The lowest BCUT2D eigenvalue weighted by Crippen LogP contribution is -2.48. The Hall–Kier alpha value is -0.690. The van der Waals surface area contributed by atoms with E-state index in [2.05, 4.69) is 0 Å². The first-order valence-corrected chi connectivity index (χ1v) is 9.77. The number of unbranched alkanes of at least 4 members (excludes halogenated alkanes) is 7. The van der Waals surface area contributed by atoms with E-state index in [9.17, 15) is 20.1 Å². The Labute approximate surface area is 151 Å². The first-order chi connectivity index (χ1) is 11.9. The largest absolute Gasteiger partial charge is 0.550 e. The highest BCUT2D eigenvalue weighted by molar-refractivity contribution is 5.63. The normalized spacial score (nSPS) is 28.0. The highest BCUT2D eigenvalue weighted by Gasteiger charge is 2.35. The van der Waals surface area contributed by atoms with Crippen LogP contribution < -0.4 is 5.11 Å². The summed E-state index contributed by atoms with van der Waals surface area (Å²) in [5.74, 6) is -0.951. The predicted octanol–water partition coefficient (Wildman–Crippen LogP) is 1.90. The molecule has 1 fully saturated rings. The van der Waals surface area contributed by atoms with Crippen LogP contribution in [0.4, 0.5) is 0 Å². The van der Waals surface area contributed by atoms with E-state index in [1.54, 1.807) is 6.92 Å². The van der Waals surface area contributed by atoms with Gasteiger partial charge < -0.3 is 29.6 Å². The average Bonchev–Trinajstić information content (AvgIpc) is 2.54.